The van der Waals surface area contributed by atoms with E-state index in [9.17, 15) is 9.59 Å². The minimum absolute atomic E-state index is 0.0222. The maximum absolute atomic E-state index is 11.8. The van der Waals surface area contributed by atoms with Crippen molar-refractivity contribution in [2.45, 2.75) is 44.7 Å². The lowest BCUT2D eigenvalue weighted by Gasteiger charge is -2.06. The van der Waals surface area contributed by atoms with E-state index in [1.807, 2.05) is 66.7 Å². The summed E-state index contributed by atoms with van der Waals surface area (Å²) in [6.07, 6.45) is 3.91. The number of methoxy groups -OCH3 is 1. The first kappa shape index (κ1) is 24.8. The molecule has 1 aliphatic rings. The molecular formula is C28H32N2O4. The van der Waals surface area contributed by atoms with Gasteiger partial charge in [0.2, 0.25) is 11.8 Å². The number of carbonyl (C=O) groups is 2. The Morgan fingerprint density at radius 1 is 0.853 bits per heavy atom. The zero-order valence-electron chi connectivity index (χ0n) is 19.5. The first-order chi connectivity index (χ1) is 16.5. The number of carbonyl (C=O) groups excluding carboxylic acids is 2. The molecule has 0 atom stereocenters. The summed E-state index contributed by atoms with van der Waals surface area (Å²) < 4.78 is 5.08. The van der Waals surface area contributed by atoms with E-state index < -0.39 is 0 Å². The molecule has 6 heteroatoms. The summed E-state index contributed by atoms with van der Waals surface area (Å²) in [6.45, 7) is 0.565. The Morgan fingerprint density at radius 3 is 2.12 bits per heavy atom. The Labute approximate surface area is 201 Å². The third kappa shape index (κ3) is 9.36. The van der Waals surface area contributed by atoms with Crippen LogP contribution < -0.4 is 15.4 Å². The number of hydrogen-bond donors (Lipinski definition) is 3. The lowest BCUT2D eigenvalue weighted by atomic mass is 10.1. The van der Waals surface area contributed by atoms with Crippen LogP contribution in [0.15, 0.2) is 78.9 Å². The molecule has 0 heterocycles. The van der Waals surface area contributed by atoms with E-state index in [2.05, 4.69) is 10.6 Å². The van der Waals surface area contributed by atoms with Crippen LogP contribution in [-0.2, 0) is 29.0 Å². The van der Waals surface area contributed by atoms with Gasteiger partial charge in [-0.3, -0.25) is 9.59 Å². The number of rotatable bonds is 9. The Bertz CT molecular complexity index is 1030. The molecule has 0 radical (unpaired) electrons. The number of aryl methyl sites for hydroxylation is 1. The first-order valence-electron chi connectivity index (χ1n) is 11.5. The van der Waals surface area contributed by atoms with Gasteiger partial charge in [0.25, 0.3) is 0 Å². The van der Waals surface area contributed by atoms with Crippen LogP contribution in [0.5, 0.6) is 11.5 Å². The number of amides is 2. The predicted octanol–water partition coefficient (Wildman–Crippen LogP) is 4.16. The fourth-order valence-electron chi connectivity index (χ4n) is 3.24. The van der Waals surface area contributed by atoms with E-state index >= 15 is 0 Å². The summed E-state index contributed by atoms with van der Waals surface area (Å²) in [4.78, 5) is 23.2. The molecule has 3 aromatic rings. The molecule has 2 amide bonds. The second-order valence-corrected chi connectivity index (χ2v) is 8.30. The normalized spacial score (nSPS) is 12.1. The third-order valence-electron chi connectivity index (χ3n) is 5.38. The molecule has 0 saturated heterocycles. The van der Waals surface area contributed by atoms with Gasteiger partial charge in [-0.15, -0.1) is 0 Å². The van der Waals surface area contributed by atoms with E-state index in [0.717, 1.165) is 41.7 Å². The van der Waals surface area contributed by atoms with Crippen LogP contribution in [0, 0.1) is 0 Å². The van der Waals surface area contributed by atoms with Gasteiger partial charge in [0, 0.05) is 19.0 Å². The number of nitrogens with one attached hydrogen (secondary N) is 2. The zero-order chi connectivity index (χ0) is 24.2. The molecule has 6 nitrogen and oxygen atoms in total. The third-order valence-corrected chi connectivity index (χ3v) is 5.38. The van der Waals surface area contributed by atoms with E-state index in [-0.39, 0.29) is 17.6 Å². The van der Waals surface area contributed by atoms with Crippen molar-refractivity contribution in [3.63, 3.8) is 0 Å². The topological polar surface area (TPSA) is 87.7 Å². The van der Waals surface area contributed by atoms with E-state index in [4.69, 9.17) is 9.84 Å². The van der Waals surface area contributed by atoms with Crippen molar-refractivity contribution < 1.29 is 19.4 Å². The van der Waals surface area contributed by atoms with Crippen molar-refractivity contribution in [2.24, 2.45) is 0 Å². The summed E-state index contributed by atoms with van der Waals surface area (Å²) in [5.41, 5.74) is 3.16. The van der Waals surface area contributed by atoms with Crippen LogP contribution in [0.25, 0.3) is 0 Å². The monoisotopic (exact) mass is 460 g/mol. The highest BCUT2D eigenvalue weighted by Crippen LogP contribution is 2.19. The molecule has 178 valence electrons. The van der Waals surface area contributed by atoms with E-state index in [0.29, 0.717) is 25.4 Å². The van der Waals surface area contributed by atoms with Gasteiger partial charge in [-0.2, -0.15) is 0 Å². The molecule has 34 heavy (non-hydrogen) atoms. The average molecular weight is 461 g/mol. The van der Waals surface area contributed by atoms with Crippen LogP contribution in [0.4, 0.5) is 0 Å². The maximum atomic E-state index is 11.8. The molecule has 0 bridgehead atoms. The van der Waals surface area contributed by atoms with Crippen molar-refractivity contribution in [3.8, 4) is 11.5 Å². The highest BCUT2D eigenvalue weighted by molar-refractivity contribution is 5.78. The molecule has 3 N–H and O–H groups in total. The fourth-order valence-corrected chi connectivity index (χ4v) is 3.24. The summed E-state index contributed by atoms with van der Waals surface area (Å²) >= 11 is 0. The summed E-state index contributed by atoms with van der Waals surface area (Å²) in [7, 11) is 1.63. The molecule has 0 aliphatic heterocycles. The molecule has 1 saturated carbocycles. The fraction of sp³-hybridized carbons (Fsp3) is 0.286. The largest absolute Gasteiger partial charge is 0.508 e. The summed E-state index contributed by atoms with van der Waals surface area (Å²) in [5, 5.41) is 14.9. The van der Waals surface area contributed by atoms with Crippen LogP contribution in [0.3, 0.4) is 0 Å². The summed E-state index contributed by atoms with van der Waals surface area (Å²) in [5.74, 6) is 1.22. The van der Waals surface area contributed by atoms with Gasteiger partial charge in [0.1, 0.15) is 11.5 Å². The zero-order valence-corrected chi connectivity index (χ0v) is 19.5. The predicted molar refractivity (Wildman–Crippen MR) is 133 cm³/mol. The van der Waals surface area contributed by atoms with Gasteiger partial charge in [0.05, 0.1) is 13.5 Å². The van der Waals surface area contributed by atoms with Crippen LogP contribution in [0.1, 0.15) is 36.0 Å². The standard InChI is InChI=1S/C16H17NO2.C12H15NO2/c1-19-15-9-7-13(8-10-15)11-16(18)17-12-14-5-3-2-4-6-14;14-11-6-1-9(2-7-11)3-8-12(15)13-10-4-5-10/h2-10H,11-12H2,1H3,(H,17,18);1-2,6-7,10,14H,3-5,8H2,(H,13,15). The lowest BCUT2D eigenvalue weighted by molar-refractivity contribution is -0.121. The highest BCUT2D eigenvalue weighted by Gasteiger charge is 2.22. The Balaban J connectivity index is 0.000000196. The van der Waals surface area contributed by atoms with Crippen molar-refractivity contribution in [2.75, 3.05) is 7.11 Å². The Morgan fingerprint density at radius 2 is 1.50 bits per heavy atom. The molecular weight excluding hydrogens is 428 g/mol. The quantitative estimate of drug-likeness (QED) is 0.448. The molecule has 1 aliphatic carbocycles. The lowest BCUT2D eigenvalue weighted by Crippen LogP contribution is -2.25. The number of hydrogen-bond acceptors (Lipinski definition) is 4. The van der Waals surface area contributed by atoms with Crippen molar-refractivity contribution >= 4 is 11.8 Å². The van der Waals surface area contributed by atoms with Gasteiger partial charge < -0.3 is 20.5 Å². The van der Waals surface area contributed by atoms with Crippen molar-refractivity contribution in [1.82, 2.24) is 10.6 Å². The van der Waals surface area contributed by atoms with Crippen LogP contribution in [-0.4, -0.2) is 30.1 Å². The van der Waals surface area contributed by atoms with Crippen LogP contribution in [0.2, 0.25) is 0 Å². The van der Waals surface area contributed by atoms with Gasteiger partial charge in [-0.25, -0.2) is 0 Å². The van der Waals surface area contributed by atoms with Gasteiger partial charge >= 0.3 is 0 Å². The number of aromatic hydroxyl groups is 1. The molecule has 0 unspecified atom stereocenters. The van der Waals surface area contributed by atoms with Gasteiger partial charge in [-0.1, -0.05) is 54.6 Å². The smallest absolute Gasteiger partial charge is 0.224 e. The number of benzene rings is 3. The van der Waals surface area contributed by atoms with Crippen molar-refractivity contribution in [1.29, 1.82) is 0 Å². The number of ether oxygens (including phenoxy) is 1. The number of phenolic OH excluding ortho intramolecular Hbond substituents is 1. The summed E-state index contributed by atoms with van der Waals surface area (Å²) in [6, 6.07) is 24.8. The molecule has 0 aromatic heterocycles. The molecule has 3 aromatic carbocycles. The van der Waals surface area contributed by atoms with Gasteiger partial charge in [-0.05, 0) is 60.2 Å². The van der Waals surface area contributed by atoms with Crippen molar-refractivity contribution in [3.05, 3.63) is 95.6 Å². The SMILES string of the molecule is COc1ccc(CC(=O)NCc2ccccc2)cc1.O=C(CCc1ccc(O)cc1)NC1CC1. The first-order valence-corrected chi connectivity index (χ1v) is 11.5. The second-order valence-electron chi connectivity index (χ2n) is 8.30. The molecule has 4 rings (SSSR count). The van der Waals surface area contributed by atoms with E-state index in [1.165, 1.54) is 0 Å². The minimum Gasteiger partial charge on any atom is -0.508 e. The average Bonchev–Trinajstić information content (AvgIpc) is 3.68. The maximum Gasteiger partial charge on any atom is 0.224 e. The molecule has 0 spiro atoms. The van der Waals surface area contributed by atoms with E-state index in [1.54, 1.807) is 19.2 Å². The molecule has 1 fully saturated rings. The highest BCUT2D eigenvalue weighted by atomic mass is 16.5. The Hall–Kier alpha value is -3.80. The number of phenols is 1. The minimum atomic E-state index is 0.0222. The second kappa shape index (κ2) is 13.0. The Kier molecular flexibility index (Phi) is 9.52. The van der Waals surface area contributed by atoms with Crippen LogP contribution >= 0.6 is 0 Å². The van der Waals surface area contributed by atoms with Gasteiger partial charge in [0.15, 0.2) is 0 Å².